The van der Waals surface area contributed by atoms with Crippen molar-refractivity contribution in [3.63, 3.8) is 0 Å². The van der Waals surface area contributed by atoms with E-state index in [0.717, 1.165) is 12.7 Å². The Labute approximate surface area is 170 Å². The Balaban J connectivity index is 3.24. The van der Waals surface area contributed by atoms with Crippen LogP contribution in [0.15, 0.2) is 41.7 Å². The summed E-state index contributed by atoms with van der Waals surface area (Å²) in [7, 11) is 1.09. The average Bonchev–Trinajstić information content (AvgIpc) is 2.67. The molecule has 0 radical (unpaired) electrons. The van der Waals surface area contributed by atoms with E-state index in [1.54, 1.807) is 30.3 Å². The van der Waals surface area contributed by atoms with Gasteiger partial charge in [-0.25, -0.2) is 4.79 Å². The minimum absolute atomic E-state index is 0.124. The van der Waals surface area contributed by atoms with Crippen molar-refractivity contribution < 1.29 is 24.2 Å². The zero-order valence-electron chi connectivity index (χ0n) is 17.1. The van der Waals surface area contributed by atoms with Crippen LogP contribution < -0.4 is 10.6 Å². The maximum atomic E-state index is 12.8. The molecule has 0 unspecified atom stereocenters. The van der Waals surface area contributed by atoms with E-state index in [9.17, 15) is 24.8 Å². The summed E-state index contributed by atoms with van der Waals surface area (Å²) >= 11 is 0. The van der Waals surface area contributed by atoms with Crippen LogP contribution >= 0.6 is 0 Å². The number of carbonyl (C=O) groups is 3. The largest absolute Gasteiger partial charge is 0.508 e. The fourth-order valence-corrected chi connectivity index (χ4v) is 2.77. The number of rotatable bonds is 9. The average molecular weight is 401 g/mol. The van der Waals surface area contributed by atoms with Crippen molar-refractivity contribution in [2.45, 2.75) is 45.7 Å². The molecule has 0 aliphatic carbocycles. The summed E-state index contributed by atoms with van der Waals surface area (Å²) in [6, 6.07) is 8.72. The molecule has 29 heavy (non-hydrogen) atoms. The lowest BCUT2D eigenvalue weighted by atomic mass is 9.99. The van der Waals surface area contributed by atoms with Crippen LogP contribution in [0, 0.1) is 17.2 Å². The van der Waals surface area contributed by atoms with Gasteiger partial charge in [0, 0.05) is 6.92 Å². The number of aliphatic hydroxyl groups is 1. The lowest BCUT2D eigenvalue weighted by Crippen LogP contribution is -2.51. The highest BCUT2D eigenvalue weighted by atomic mass is 16.5. The summed E-state index contributed by atoms with van der Waals surface area (Å²) in [4.78, 5) is 36.1. The molecule has 0 fully saturated rings. The molecule has 0 aromatic heterocycles. The van der Waals surface area contributed by atoms with Crippen LogP contribution in [0.3, 0.4) is 0 Å². The van der Waals surface area contributed by atoms with Crippen molar-refractivity contribution in [3.05, 3.63) is 47.2 Å². The number of ether oxygens (including phenoxy) is 1. The van der Waals surface area contributed by atoms with Gasteiger partial charge in [-0.2, -0.15) is 5.26 Å². The summed E-state index contributed by atoms with van der Waals surface area (Å²) in [5.74, 6) is -2.36. The number of benzene rings is 1. The first-order chi connectivity index (χ1) is 13.7. The van der Waals surface area contributed by atoms with Gasteiger partial charge in [0.2, 0.25) is 11.8 Å². The molecular weight excluding hydrogens is 374 g/mol. The van der Waals surface area contributed by atoms with Crippen molar-refractivity contribution in [2.24, 2.45) is 5.92 Å². The molecule has 0 spiro atoms. The molecule has 156 valence electrons. The molecule has 0 aliphatic rings. The topological polar surface area (TPSA) is 129 Å². The van der Waals surface area contributed by atoms with E-state index >= 15 is 0 Å². The van der Waals surface area contributed by atoms with Gasteiger partial charge in [0.1, 0.15) is 17.9 Å². The number of esters is 1. The Hall–Kier alpha value is -3.34. The quantitative estimate of drug-likeness (QED) is 0.250. The highest BCUT2D eigenvalue weighted by Gasteiger charge is 2.28. The molecule has 0 aliphatic heterocycles. The zero-order chi connectivity index (χ0) is 22.0. The molecule has 0 saturated carbocycles. The van der Waals surface area contributed by atoms with E-state index in [4.69, 9.17) is 0 Å². The monoisotopic (exact) mass is 401 g/mol. The Kier molecular flexibility index (Phi) is 9.39. The van der Waals surface area contributed by atoms with E-state index in [1.165, 1.54) is 6.92 Å². The van der Waals surface area contributed by atoms with Gasteiger partial charge in [0.15, 0.2) is 5.57 Å². The summed E-state index contributed by atoms with van der Waals surface area (Å²) < 4.78 is 4.53. The molecule has 1 aromatic carbocycles. The second-order valence-corrected chi connectivity index (χ2v) is 7.00. The SMILES string of the molecule is COC(=O)/C(C#N)=C(\O)[C@H](Cc1ccccc1)NC(=O)[C@H](CC(C)C)NC(C)=O. The van der Waals surface area contributed by atoms with Crippen molar-refractivity contribution in [3.8, 4) is 6.07 Å². The first-order valence-electron chi connectivity index (χ1n) is 9.22. The second-order valence-electron chi connectivity index (χ2n) is 7.00. The maximum absolute atomic E-state index is 12.8. The van der Waals surface area contributed by atoms with Gasteiger partial charge in [-0.1, -0.05) is 44.2 Å². The van der Waals surface area contributed by atoms with E-state index in [1.807, 2.05) is 19.9 Å². The van der Waals surface area contributed by atoms with Crippen LogP contribution in [-0.4, -0.2) is 42.1 Å². The van der Waals surface area contributed by atoms with E-state index in [0.29, 0.717) is 6.42 Å². The summed E-state index contributed by atoms with van der Waals surface area (Å²) in [6.45, 7) is 5.13. The smallest absolute Gasteiger partial charge is 0.352 e. The predicted molar refractivity (Wildman–Crippen MR) is 106 cm³/mol. The van der Waals surface area contributed by atoms with Crippen molar-refractivity contribution in [1.82, 2.24) is 10.6 Å². The molecule has 2 amide bonds. The Morgan fingerprint density at radius 3 is 2.24 bits per heavy atom. The number of hydrogen-bond donors (Lipinski definition) is 3. The van der Waals surface area contributed by atoms with Gasteiger partial charge in [-0.3, -0.25) is 9.59 Å². The first-order valence-corrected chi connectivity index (χ1v) is 9.22. The molecule has 2 atom stereocenters. The van der Waals surface area contributed by atoms with Gasteiger partial charge in [-0.05, 0) is 24.3 Å². The van der Waals surface area contributed by atoms with Crippen LogP contribution in [0.4, 0.5) is 0 Å². The van der Waals surface area contributed by atoms with Crippen molar-refractivity contribution in [2.75, 3.05) is 7.11 Å². The molecule has 0 heterocycles. The summed E-state index contributed by atoms with van der Waals surface area (Å²) in [6.07, 6.45) is 0.519. The maximum Gasteiger partial charge on any atom is 0.352 e. The van der Waals surface area contributed by atoms with Crippen LogP contribution in [0.2, 0.25) is 0 Å². The van der Waals surface area contributed by atoms with E-state index in [2.05, 4.69) is 15.4 Å². The fraction of sp³-hybridized carbons (Fsp3) is 0.429. The number of amides is 2. The normalized spacial score (nSPS) is 13.5. The van der Waals surface area contributed by atoms with Gasteiger partial charge < -0.3 is 20.5 Å². The minimum Gasteiger partial charge on any atom is -0.508 e. The van der Waals surface area contributed by atoms with Crippen LogP contribution in [0.1, 0.15) is 32.8 Å². The van der Waals surface area contributed by atoms with Gasteiger partial charge in [-0.15, -0.1) is 0 Å². The number of carbonyl (C=O) groups excluding carboxylic acids is 3. The molecule has 0 saturated heterocycles. The molecule has 8 nitrogen and oxygen atoms in total. The Morgan fingerprint density at radius 1 is 1.14 bits per heavy atom. The zero-order valence-corrected chi connectivity index (χ0v) is 17.1. The number of nitrogens with one attached hydrogen (secondary N) is 2. The van der Waals surface area contributed by atoms with Gasteiger partial charge in [0.05, 0.1) is 13.2 Å². The number of methoxy groups -OCH3 is 1. The third-order valence-electron chi connectivity index (χ3n) is 4.09. The second kappa shape index (κ2) is 11.5. The molecule has 1 aromatic rings. The Morgan fingerprint density at radius 2 is 1.76 bits per heavy atom. The summed E-state index contributed by atoms with van der Waals surface area (Å²) in [5, 5.41) is 25.1. The minimum atomic E-state index is -1.05. The molecule has 1 rings (SSSR count). The number of nitrogens with zero attached hydrogens (tertiary/aromatic N) is 1. The molecule has 3 N–H and O–H groups in total. The number of hydrogen-bond acceptors (Lipinski definition) is 6. The van der Waals surface area contributed by atoms with Crippen LogP contribution in [0.5, 0.6) is 0 Å². The standard InChI is InChI=1S/C21H27N3O5/c1-13(2)10-18(23-14(3)25)20(27)24-17(11-15-8-6-5-7-9-15)19(26)16(12-22)21(28)29-4/h5-9,13,17-18,26H,10-11H2,1-4H3,(H,23,25)(H,24,27)/b19-16-/t17-,18-/m0/s1. The van der Waals surface area contributed by atoms with Crippen LogP contribution in [0.25, 0.3) is 0 Å². The third kappa shape index (κ3) is 7.66. The van der Waals surface area contributed by atoms with E-state index in [-0.39, 0.29) is 18.2 Å². The molecule has 0 bridgehead atoms. The van der Waals surface area contributed by atoms with Gasteiger partial charge >= 0.3 is 5.97 Å². The lowest BCUT2D eigenvalue weighted by Gasteiger charge is -2.24. The first kappa shape index (κ1) is 23.7. The highest BCUT2D eigenvalue weighted by molar-refractivity contribution is 5.93. The number of nitriles is 1. The molecule has 8 heteroatoms. The highest BCUT2D eigenvalue weighted by Crippen LogP contribution is 2.15. The van der Waals surface area contributed by atoms with E-state index < -0.39 is 35.3 Å². The summed E-state index contributed by atoms with van der Waals surface area (Å²) in [5.41, 5.74) is 0.181. The van der Waals surface area contributed by atoms with Crippen LogP contribution in [-0.2, 0) is 25.5 Å². The van der Waals surface area contributed by atoms with Crippen molar-refractivity contribution in [1.29, 1.82) is 5.26 Å². The van der Waals surface area contributed by atoms with Crippen molar-refractivity contribution >= 4 is 17.8 Å². The predicted octanol–water partition coefficient (Wildman–Crippen LogP) is 1.77. The fourth-order valence-electron chi connectivity index (χ4n) is 2.77. The van der Waals surface area contributed by atoms with Gasteiger partial charge in [0.25, 0.3) is 0 Å². The molecular formula is C21H27N3O5. The lowest BCUT2D eigenvalue weighted by molar-refractivity contribution is -0.136. The number of aliphatic hydroxyl groups excluding tert-OH is 1. The third-order valence-corrected chi connectivity index (χ3v) is 4.09. The Bertz CT molecular complexity index is 796.